The average molecular weight is 349 g/mol. The smallest absolute Gasteiger partial charge is 0.226 e. The van der Waals surface area contributed by atoms with E-state index in [2.05, 4.69) is 17.1 Å². The molecule has 5 heteroatoms. The molecule has 0 saturated carbocycles. The first-order chi connectivity index (χ1) is 12.6. The van der Waals surface area contributed by atoms with Crippen LogP contribution >= 0.6 is 0 Å². The van der Waals surface area contributed by atoms with Gasteiger partial charge >= 0.3 is 0 Å². The number of aromatic nitrogens is 2. The minimum atomic E-state index is 0.181. The van der Waals surface area contributed by atoms with Gasteiger partial charge < -0.3 is 14.6 Å². The third-order valence-corrected chi connectivity index (χ3v) is 5.17. The highest BCUT2D eigenvalue weighted by Crippen LogP contribution is 2.33. The molecule has 0 unspecified atom stereocenters. The average Bonchev–Trinajstić information content (AvgIpc) is 3.04. The predicted octanol–water partition coefficient (Wildman–Crippen LogP) is 3.58. The number of benzene rings is 2. The van der Waals surface area contributed by atoms with E-state index in [4.69, 9.17) is 0 Å². The Morgan fingerprint density at radius 2 is 2.00 bits per heavy atom. The summed E-state index contributed by atoms with van der Waals surface area (Å²) in [7, 11) is 2.00. The number of hydrogen-bond acceptors (Lipinski definition) is 3. The van der Waals surface area contributed by atoms with Crippen molar-refractivity contribution in [3.8, 4) is 5.75 Å². The Morgan fingerprint density at radius 3 is 2.81 bits per heavy atom. The van der Waals surface area contributed by atoms with Crippen molar-refractivity contribution in [3.63, 3.8) is 0 Å². The molecule has 3 aromatic rings. The molecule has 1 aliphatic rings. The highest BCUT2D eigenvalue weighted by atomic mass is 16.3. The highest BCUT2D eigenvalue weighted by molar-refractivity contribution is 5.98. The van der Waals surface area contributed by atoms with Gasteiger partial charge in [-0.25, -0.2) is 4.98 Å². The number of hydrogen-bond donors (Lipinski definition) is 1. The lowest BCUT2D eigenvalue weighted by molar-refractivity contribution is -0.118. The molecule has 0 saturated heterocycles. The summed E-state index contributed by atoms with van der Waals surface area (Å²) in [6.45, 7) is 0.781. The summed E-state index contributed by atoms with van der Waals surface area (Å²) in [6, 6.07) is 11.3. The number of imidazole rings is 1. The van der Waals surface area contributed by atoms with E-state index in [1.165, 1.54) is 5.56 Å². The van der Waals surface area contributed by atoms with E-state index in [0.717, 1.165) is 54.5 Å². The maximum absolute atomic E-state index is 12.8. The Labute approximate surface area is 152 Å². The summed E-state index contributed by atoms with van der Waals surface area (Å²) in [5.41, 5.74) is 5.50. The number of phenols is 1. The van der Waals surface area contributed by atoms with Gasteiger partial charge in [-0.15, -0.1) is 0 Å². The van der Waals surface area contributed by atoms with Gasteiger partial charge in [0.15, 0.2) is 0 Å². The van der Waals surface area contributed by atoms with Crippen LogP contribution < -0.4 is 4.90 Å². The van der Waals surface area contributed by atoms with Crippen molar-refractivity contribution < 1.29 is 9.90 Å². The monoisotopic (exact) mass is 349 g/mol. The van der Waals surface area contributed by atoms with Crippen molar-refractivity contribution >= 4 is 22.6 Å². The van der Waals surface area contributed by atoms with E-state index in [-0.39, 0.29) is 11.7 Å². The highest BCUT2D eigenvalue weighted by Gasteiger charge is 2.24. The molecule has 5 nitrogen and oxygen atoms in total. The number of rotatable bonds is 4. The number of phenolic OH excluding ortho intramolecular Hbond substituents is 1. The molecule has 26 heavy (non-hydrogen) atoms. The van der Waals surface area contributed by atoms with Crippen molar-refractivity contribution in [2.75, 3.05) is 11.4 Å². The number of fused-ring (bicyclic) bond motifs is 3. The molecular weight excluding hydrogens is 326 g/mol. The molecule has 0 aliphatic carbocycles. The zero-order valence-corrected chi connectivity index (χ0v) is 15.0. The van der Waals surface area contributed by atoms with Gasteiger partial charge in [0.1, 0.15) is 5.75 Å². The van der Waals surface area contributed by atoms with Crippen molar-refractivity contribution in [1.29, 1.82) is 0 Å². The molecule has 1 amide bonds. The third-order valence-electron chi connectivity index (χ3n) is 5.17. The molecule has 2 heterocycles. The first-order valence-electron chi connectivity index (χ1n) is 9.14. The lowest BCUT2D eigenvalue weighted by Crippen LogP contribution is -2.35. The Kier molecular flexibility index (Phi) is 4.37. The van der Waals surface area contributed by atoms with Crippen LogP contribution in [0.1, 0.15) is 30.4 Å². The van der Waals surface area contributed by atoms with Crippen LogP contribution in [0.2, 0.25) is 0 Å². The quantitative estimate of drug-likeness (QED) is 0.783. The molecule has 0 atom stereocenters. The number of aryl methyl sites for hydroxylation is 3. The van der Waals surface area contributed by atoms with Gasteiger partial charge in [-0.2, -0.15) is 0 Å². The van der Waals surface area contributed by atoms with Crippen LogP contribution in [0.25, 0.3) is 11.0 Å². The fraction of sp³-hybridized carbons (Fsp3) is 0.333. The topological polar surface area (TPSA) is 58.4 Å². The second kappa shape index (κ2) is 6.83. The van der Waals surface area contributed by atoms with Gasteiger partial charge in [0.05, 0.1) is 17.4 Å². The molecule has 134 valence electrons. The number of anilines is 1. The summed E-state index contributed by atoms with van der Waals surface area (Å²) in [5, 5.41) is 9.34. The van der Waals surface area contributed by atoms with Gasteiger partial charge in [0.2, 0.25) is 5.91 Å². The molecule has 0 bridgehead atoms. The van der Waals surface area contributed by atoms with Crippen molar-refractivity contribution in [1.82, 2.24) is 9.55 Å². The Balaban J connectivity index is 1.47. The molecule has 0 radical (unpaired) electrons. The van der Waals surface area contributed by atoms with Crippen molar-refractivity contribution in [3.05, 3.63) is 53.9 Å². The standard InChI is InChI=1S/C21H23N3O2/c1-23-14-22-21-17-5-3-13-24(18(17)11-12-19(21)23)20(26)6-2-4-15-7-9-16(25)10-8-15/h7-12,14,25H,2-6,13H2,1H3. The Morgan fingerprint density at radius 1 is 1.19 bits per heavy atom. The minimum absolute atomic E-state index is 0.181. The molecule has 1 aromatic heterocycles. The number of aromatic hydroxyl groups is 1. The molecular formula is C21H23N3O2. The van der Waals surface area contributed by atoms with E-state index in [9.17, 15) is 9.90 Å². The van der Waals surface area contributed by atoms with E-state index in [1.807, 2.05) is 35.0 Å². The SMILES string of the molecule is Cn1cnc2c3c(ccc21)N(C(=O)CCCc1ccc(O)cc1)CCC3. The van der Waals surface area contributed by atoms with Crippen LogP contribution in [0, 0.1) is 0 Å². The first kappa shape index (κ1) is 16.6. The third kappa shape index (κ3) is 3.05. The fourth-order valence-electron chi connectivity index (χ4n) is 3.78. The van der Waals surface area contributed by atoms with Crippen molar-refractivity contribution in [2.24, 2.45) is 7.05 Å². The second-order valence-corrected chi connectivity index (χ2v) is 6.96. The number of carbonyl (C=O) groups excluding carboxylic acids is 1. The number of amides is 1. The predicted molar refractivity (Wildman–Crippen MR) is 102 cm³/mol. The van der Waals surface area contributed by atoms with Crippen LogP contribution in [0.5, 0.6) is 5.75 Å². The summed E-state index contributed by atoms with van der Waals surface area (Å²) in [4.78, 5) is 19.3. The Bertz CT molecular complexity index is 944. The molecule has 1 N–H and O–H groups in total. The van der Waals surface area contributed by atoms with E-state index < -0.39 is 0 Å². The van der Waals surface area contributed by atoms with Crippen molar-refractivity contribution in [2.45, 2.75) is 32.1 Å². The van der Waals surface area contributed by atoms with Crippen LogP contribution in [0.15, 0.2) is 42.7 Å². The maximum atomic E-state index is 12.8. The summed E-state index contributed by atoms with van der Waals surface area (Å²) < 4.78 is 2.02. The van der Waals surface area contributed by atoms with E-state index >= 15 is 0 Å². The molecule has 1 aliphatic heterocycles. The largest absolute Gasteiger partial charge is 0.508 e. The van der Waals surface area contributed by atoms with Gasteiger partial charge in [0.25, 0.3) is 0 Å². The molecule has 0 fully saturated rings. The van der Waals surface area contributed by atoms with Gasteiger partial charge in [0, 0.05) is 31.3 Å². The minimum Gasteiger partial charge on any atom is -0.508 e. The van der Waals surface area contributed by atoms with Crippen LogP contribution in [0.3, 0.4) is 0 Å². The molecule has 2 aromatic carbocycles. The Hall–Kier alpha value is -2.82. The molecule has 0 spiro atoms. The van der Waals surface area contributed by atoms with Crippen LogP contribution in [0.4, 0.5) is 5.69 Å². The lowest BCUT2D eigenvalue weighted by atomic mass is 9.99. The zero-order chi connectivity index (χ0) is 18.1. The second-order valence-electron chi connectivity index (χ2n) is 6.96. The van der Waals surface area contributed by atoms with Crippen LogP contribution in [-0.2, 0) is 24.7 Å². The number of carbonyl (C=O) groups is 1. The fourth-order valence-corrected chi connectivity index (χ4v) is 3.78. The van der Waals surface area contributed by atoms with E-state index in [0.29, 0.717) is 6.42 Å². The number of nitrogens with zero attached hydrogens (tertiary/aromatic N) is 3. The lowest BCUT2D eigenvalue weighted by Gasteiger charge is -2.30. The molecule has 4 rings (SSSR count). The normalized spacial score (nSPS) is 13.8. The van der Waals surface area contributed by atoms with Gasteiger partial charge in [-0.1, -0.05) is 12.1 Å². The van der Waals surface area contributed by atoms with Gasteiger partial charge in [-0.05, 0) is 55.5 Å². The summed E-state index contributed by atoms with van der Waals surface area (Å²) >= 11 is 0. The zero-order valence-electron chi connectivity index (χ0n) is 15.0. The van der Waals surface area contributed by atoms with E-state index in [1.54, 1.807) is 12.1 Å². The van der Waals surface area contributed by atoms with Crippen LogP contribution in [-0.4, -0.2) is 27.1 Å². The maximum Gasteiger partial charge on any atom is 0.226 e. The summed E-state index contributed by atoms with van der Waals surface area (Å²) in [5.74, 6) is 0.454. The first-order valence-corrected chi connectivity index (χ1v) is 9.14. The summed E-state index contributed by atoms with van der Waals surface area (Å²) in [6.07, 6.45) is 5.96. The van der Waals surface area contributed by atoms with Gasteiger partial charge in [-0.3, -0.25) is 4.79 Å².